The van der Waals surface area contributed by atoms with E-state index in [0.29, 0.717) is 22.1 Å². The zero-order chi connectivity index (χ0) is 18.4. The van der Waals surface area contributed by atoms with Crippen LogP contribution in [-0.4, -0.2) is 13.1 Å². The third-order valence-electron chi connectivity index (χ3n) is 3.46. The minimum absolute atomic E-state index is 0.237. The molecule has 2 rings (SSSR count). The number of nitrogens with zero attached hydrogens (tertiary/aromatic N) is 1. The van der Waals surface area contributed by atoms with E-state index in [1.165, 1.54) is 7.11 Å². The fourth-order valence-electron chi connectivity index (χ4n) is 2.06. The molecule has 0 amide bonds. The Hall–Kier alpha value is -2.77. The molecule has 5 heteroatoms. The Morgan fingerprint density at radius 1 is 1.16 bits per heavy atom. The second-order valence-electron chi connectivity index (χ2n) is 5.66. The van der Waals surface area contributed by atoms with Crippen LogP contribution in [0.3, 0.4) is 0 Å². The quantitative estimate of drug-likeness (QED) is 0.328. The smallest absolute Gasteiger partial charge is 0.313 e. The van der Waals surface area contributed by atoms with Crippen LogP contribution in [-0.2, 0) is 4.79 Å². The van der Waals surface area contributed by atoms with Crippen LogP contribution in [0.4, 0.5) is 0 Å². The molecule has 0 unspecified atom stereocenters. The molecular formula is C20H18ClNO3. The SMILES string of the molecule is COc1cc(/C=C(\C#N)c2ccc(Cl)cc2)ccc1OC(=O)C(C)C. The minimum Gasteiger partial charge on any atom is -0.493 e. The van der Waals surface area contributed by atoms with Gasteiger partial charge >= 0.3 is 5.97 Å². The number of carbonyl (C=O) groups excluding carboxylic acids is 1. The molecule has 0 aliphatic rings. The summed E-state index contributed by atoms with van der Waals surface area (Å²) in [6, 6.07) is 14.3. The zero-order valence-electron chi connectivity index (χ0n) is 14.2. The molecule has 2 aromatic carbocycles. The van der Waals surface area contributed by atoms with Gasteiger partial charge in [0.15, 0.2) is 11.5 Å². The fourth-order valence-corrected chi connectivity index (χ4v) is 2.19. The van der Waals surface area contributed by atoms with E-state index in [2.05, 4.69) is 6.07 Å². The molecule has 0 aliphatic heterocycles. The van der Waals surface area contributed by atoms with Crippen molar-refractivity contribution in [3.05, 3.63) is 58.6 Å². The number of benzene rings is 2. The lowest BCUT2D eigenvalue weighted by atomic mass is 10.0. The molecule has 128 valence electrons. The Morgan fingerprint density at radius 2 is 1.84 bits per heavy atom. The molecule has 25 heavy (non-hydrogen) atoms. The summed E-state index contributed by atoms with van der Waals surface area (Å²) in [6.45, 7) is 3.52. The van der Waals surface area contributed by atoms with E-state index in [4.69, 9.17) is 21.1 Å². The number of ether oxygens (including phenoxy) is 2. The van der Waals surface area contributed by atoms with Crippen molar-refractivity contribution in [2.24, 2.45) is 5.92 Å². The highest BCUT2D eigenvalue weighted by Crippen LogP contribution is 2.30. The van der Waals surface area contributed by atoms with Gasteiger partial charge in [-0.2, -0.15) is 5.26 Å². The van der Waals surface area contributed by atoms with Crippen molar-refractivity contribution in [3.63, 3.8) is 0 Å². The van der Waals surface area contributed by atoms with Gasteiger partial charge in [-0.25, -0.2) is 0 Å². The Morgan fingerprint density at radius 3 is 2.40 bits per heavy atom. The zero-order valence-corrected chi connectivity index (χ0v) is 15.0. The van der Waals surface area contributed by atoms with Gasteiger partial charge < -0.3 is 9.47 Å². The first-order valence-corrected chi connectivity index (χ1v) is 8.10. The lowest BCUT2D eigenvalue weighted by Crippen LogP contribution is -2.15. The molecule has 2 aromatic rings. The number of esters is 1. The fraction of sp³-hybridized carbons (Fsp3) is 0.200. The van der Waals surface area contributed by atoms with Crippen LogP contribution in [0, 0.1) is 17.2 Å². The predicted molar refractivity (Wildman–Crippen MR) is 98.4 cm³/mol. The normalized spacial score (nSPS) is 11.1. The van der Waals surface area contributed by atoms with Crippen LogP contribution in [0.2, 0.25) is 5.02 Å². The van der Waals surface area contributed by atoms with Gasteiger partial charge in [-0.05, 0) is 41.5 Å². The van der Waals surface area contributed by atoms with Crippen molar-refractivity contribution in [1.82, 2.24) is 0 Å². The minimum atomic E-state index is -0.333. The van der Waals surface area contributed by atoms with Crippen LogP contribution in [0.15, 0.2) is 42.5 Å². The molecule has 0 saturated heterocycles. The molecule has 0 saturated carbocycles. The van der Waals surface area contributed by atoms with E-state index >= 15 is 0 Å². The third kappa shape index (κ3) is 4.85. The van der Waals surface area contributed by atoms with Gasteiger partial charge in [0.2, 0.25) is 0 Å². The van der Waals surface area contributed by atoms with Crippen molar-refractivity contribution in [2.75, 3.05) is 7.11 Å². The lowest BCUT2D eigenvalue weighted by Gasteiger charge is -2.11. The molecule has 4 nitrogen and oxygen atoms in total. The maximum Gasteiger partial charge on any atom is 0.313 e. The molecule has 0 atom stereocenters. The highest BCUT2D eigenvalue weighted by molar-refractivity contribution is 6.30. The van der Waals surface area contributed by atoms with E-state index in [9.17, 15) is 10.1 Å². The van der Waals surface area contributed by atoms with E-state index in [-0.39, 0.29) is 11.9 Å². The number of rotatable bonds is 5. The predicted octanol–water partition coefficient (Wildman–Crippen LogP) is 4.97. The number of hydrogen-bond acceptors (Lipinski definition) is 4. The second-order valence-corrected chi connectivity index (χ2v) is 6.10. The molecule has 0 radical (unpaired) electrons. The number of carbonyl (C=O) groups is 1. The Bertz CT molecular complexity index is 833. The molecule has 0 N–H and O–H groups in total. The summed E-state index contributed by atoms with van der Waals surface area (Å²) in [5, 5.41) is 10.0. The van der Waals surface area contributed by atoms with Crippen LogP contribution in [0.1, 0.15) is 25.0 Å². The second kappa shape index (κ2) is 8.36. The van der Waals surface area contributed by atoms with Gasteiger partial charge in [0.1, 0.15) is 0 Å². The molecular weight excluding hydrogens is 338 g/mol. The van der Waals surface area contributed by atoms with Crippen LogP contribution in [0.5, 0.6) is 11.5 Å². The lowest BCUT2D eigenvalue weighted by molar-refractivity contribution is -0.137. The summed E-state index contributed by atoms with van der Waals surface area (Å²) in [5.74, 6) is 0.208. The maximum absolute atomic E-state index is 11.8. The monoisotopic (exact) mass is 355 g/mol. The average Bonchev–Trinajstić information content (AvgIpc) is 2.61. The Kier molecular flexibility index (Phi) is 6.21. The summed E-state index contributed by atoms with van der Waals surface area (Å²) in [5.41, 5.74) is 2.01. The van der Waals surface area contributed by atoms with E-state index < -0.39 is 0 Å². The summed E-state index contributed by atoms with van der Waals surface area (Å²) in [7, 11) is 1.50. The van der Waals surface area contributed by atoms with Crippen molar-refractivity contribution in [3.8, 4) is 17.6 Å². The third-order valence-corrected chi connectivity index (χ3v) is 3.71. The standard InChI is InChI=1S/C20H18ClNO3/c1-13(2)20(23)25-18-9-4-14(11-19(18)24-3)10-16(12-22)15-5-7-17(21)8-6-15/h4-11,13H,1-3H3/b16-10+. The first kappa shape index (κ1) is 18.6. The van der Waals surface area contributed by atoms with Gasteiger partial charge in [-0.3, -0.25) is 4.79 Å². The summed E-state index contributed by atoms with van der Waals surface area (Å²) >= 11 is 5.88. The van der Waals surface area contributed by atoms with Crippen LogP contribution in [0.25, 0.3) is 11.6 Å². The number of nitriles is 1. The van der Waals surface area contributed by atoms with E-state index in [1.807, 2.05) is 0 Å². The van der Waals surface area contributed by atoms with Crippen LogP contribution < -0.4 is 9.47 Å². The van der Waals surface area contributed by atoms with Crippen molar-refractivity contribution in [2.45, 2.75) is 13.8 Å². The first-order valence-electron chi connectivity index (χ1n) is 7.72. The average molecular weight is 356 g/mol. The van der Waals surface area contributed by atoms with Crippen molar-refractivity contribution < 1.29 is 14.3 Å². The number of hydrogen-bond donors (Lipinski definition) is 0. The van der Waals surface area contributed by atoms with Gasteiger partial charge in [0.05, 0.1) is 24.7 Å². The largest absolute Gasteiger partial charge is 0.493 e. The van der Waals surface area contributed by atoms with Crippen LogP contribution >= 0.6 is 11.6 Å². The number of allylic oxidation sites excluding steroid dienone is 1. The number of halogens is 1. The molecule has 0 aromatic heterocycles. The molecule has 0 fully saturated rings. The van der Waals surface area contributed by atoms with E-state index in [1.54, 1.807) is 62.4 Å². The van der Waals surface area contributed by atoms with Crippen molar-refractivity contribution >= 4 is 29.2 Å². The summed E-state index contributed by atoms with van der Waals surface area (Å²) < 4.78 is 10.6. The molecule has 0 bridgehead atoms. The molecule has 0 aliphatic carbocycles. The highest BCUT2D eigenvalue weighted by atomic mass is 35.5. The summed E-state index contributed by atoms with van der Waals surface area (Å²) in [4.78, 5) is 11.8. The number of methoxy groups -OCH3 is 1. The Labute approximate surface area is 152 Å². The van der Waals surface area contributed by atoms with E-state index in [0.717, 1.165) is 11.1 Å². The molecule has 0 heterocycles. The first-order chi connectivity index (χ1) is 11.9. The van der Waals surface area contributed by atoms with Gasteiger partial charge in [-0.1, -0.05) is 43.6 Å². The van der Waals surface area contributed by atoms with Crippen molar-refractivity contribution in [1.29, 1.82) is 5.26 Å². The van der Waals surface area contributed by atoms with Gasteiger partial charge in [0.25, 0.3) is 0 Å². The van der Waals surface area contributed by atoms with Gasteiger partial charge in [0, 0.05) is 5.02 Å². The summed E-state index contributed by atoms with van der Waals surface area (Å²) in [6.07, 6.45) is 1.74. The topological polar surface area (TPSA) is 59.3 Å². The molecule has 0 spiro atoms. The highest BCUT2D eigenvalue weighted by Gasteiger charge is 2.14. The Balaban J connectivity index is 2.34. The maximum atomic E-state index is 11.8. The van der Waals surface area contributed by atoms with Gasteiger partial charge in [-0.15, -0.1) is 0 Å².